The monoisotopic (exact) mass is 380 g/mol. The first-order valence-electron chi connectivity index (χ1n) is 8.35. The lowest BCUT2D eigenvalue weighted by Gasteiger charge is -2.13. The molecular weight excluding hydrogens is 356 g/mol. The molecule has 0 unspecified atom stereocenters. The number of aromatic nitrogens is 3. The molecule has 0 saturated carbocycles. The average molecular weight is 381 g/mol. The molecule has 0 radical (unpaired) electrons. The largest absolute Gasteiger partial charge is 0.356 e. The quantitative estimate of drug-likeness (QED) is 0.397. The highest BCUT2D eigenvalue weighted by atomic mass is 35.5. The van der Waals surface area contributed by atoms with E-state index in [9.17, 15) is 0 Å². The van der Waals surface area contributed by atoms with Gasteiger partial charge in [0.2, 0.25) is 0 Å². The van der Waals surface area contributed by atoms with E-state index in [1.165, 1.54) is 0 Å². The smallest absolute Gasteiger partial charge is 0.191 e. The van der Waals surface area contributed by atoms with Gasteiger partial charge in [-0.1, -0.05) is 30.7 Å². The second-order valence-corrected chi connectivity index (χ2v) is 6.86. The molecule has 136 valence electrons. The molecule has 0 aliphatic rings. The van der Waals surface area contributed by atoms with Gasteiger partial charge in [0.25, 0.3) is 0 Å². The Labute approximate surface area is 158 Å². The van der Waals surface area contributed by atoms with Crippen LogP contribution < -0.4 is 10.6 Å². The maximum absolute atomic E-state index is 6.03. The van der Waals surface area contributed by atoms with Gasteiger partial charge in [-0.2, -0.15) is 11.8 Å². The third kappa shape index (κ3) is 6.96. The summed E-state index contributed by atoms with van der Waals surface area (Å²) in [5, 5.41) is 15.5. The van der Waals surface area contributed by atoms with Crippen LogP contribution in [0.25, 0.3) is 0 Å². The first-order valence-corrected chi connectivity index (χ1v) is 10.1. The summed E-state index contributed by atoms with van der Waals surface area (Å²) in [6, 6.07) is 7.78. The maximum atomic E-state index is 6.03. The Bertz CT molecular complexity index is 673. The van der Waals surface area contributed by atoms with Crippen molar-refractivity contribution in [3.05, 3.63) is 47.0 Å². The van der Waals surface area contributed by atoms with E-state index in [0.717, 1.165) is 54.2 Å². The van der Waals surface area contributed by atoms with Gasteiger partial charge in [-0.05, 0) is 24.0 Å². The first kappa shape index (κ1) is 19.6. The number of benzene rings is 1. The van der Waals surface area contributed by atoms with Gasteiger partial charge < -0.3 is 15.2 Å². The van der Waals surface area contributed by atoms with Crippen LogP contribution in [-0.4, -0.2) is 45.8 Å². The molecule has 1 aromatic carbocycles. The fraction of sp³-hybridized carbons (Fsp3) is 0.471. The molecule has 2 aromatic rings. The lowest BCUT2D eigenvalue weighted by Crippen LogP contribution is -2.40. The van der Waals surface area contributed by atoms with Crippen LogP contribution in [0, 0.1) is 0 Å². The first-order chi connectivity index (χ1) is 12.2. The highest BCUT2D eigenvalue weighted by molar-refractivity contribution is 7.98. The van der Waals surface area contributed by atoms with Crippen LogP contribution in [0.4, 0.5) is 0 Å². The number of aliphatic imine (C=N–C) groups is 1. The molecular formula is C17H25ClN6S. The van der Waals surface area contributed by atoms with Crippen LogP contribution in [-0.2, 0) is 19.5 Å². The minimum atomic E-state index is 0.585. The molecule has 0 bridgehead atoms. The van der Waals surface area contributed by atoms with Crippen molar-refractivity contribution in [3.63, 3.8) is 0 Å². The molecule has 2 rings (SSSR count). The number of hydrogen-bond donors (Lipinski definition) is 2. The average Bonchev–Trinajstić information content (AvgIpc) is 3.07. The van der Waals surface area contributed by atoms with Gasteiger partial charge in [0.05, 0.1) is 6.54 Å². The van der Waals surface area contributed by atoms with Crippen molar-refractivity contribution in [2.75, 3.05) is 25.1 Å². The highest BCUT2D eigenvalue weighted by Crippen LogP contribution is 2.11. The normalized spacial score (nSPS) is 11.6. The van der Waals surface area contributed by atoms with Gasteiger partial charge in [-0.3, -0.25) is 0 Å². The van der Waals surface area contributed by atoms with Crippen molar-refractivity contribution in [1.82, 2.24) is 25.4 Å². The molecule has 1 heterocycles. The zero-order valence-electron chi connectivity index (χ0n) is 14.7. The molecule has 0 saturated heterocycles. The van der Waals surface area contributed by atoms with Crippen molar-refractivity contribution in [2.45, 2.75) is 26.4 Å². The molecule has 0 aliphatic heterocycles. The summed E-state index contributed by atoms with van der Waals surface area (Å²) in [4.78, 5) is 4.65. The number of hydrogen-bond acceptors (Lipinski definition) is 4. The topological polar surface area (TPSA) is 67.1 Å². The summed E-state index contributed by atoms with van der Waals surface area (Å²) < 4.78 is 2.06. The number of halogens is 1. The Morgan fingerprint density at radius 1 is 1.32 bits per heavy atom. The third-order valence-corrected chi connectivity index (χ3v) is 4.41. The summed E-state index contributed by atoms with van der Waals surface area (Å²) in [5.41, 5.74) is 1.09. The number of rotatable bonds is 9. The van der Waals surface area contributed by atoms with Crippen LogP contribution >= 0.6 is 23.4 Å². The Morgan fingerprint density at radius 3 is 2.92 bits per heavy atom. The predicted octanol–water partition coefficient (Wildman–Crippen LogP) is 2.59. The van der Waals surface area contributed by atoms with E-state index in [2.05, 4.69) is 43.6 Å². The molecule has 6 nitrogen and oxygen atoms in total. The van der Waals surface area contributed by atoms with E-state index in [1.807, 2.05) is 24.3 Å². The van der Waals surface area contributed by atoms with Crippen molar-refractivity contribution in [2.24, 2.45) is 4.99 Å². The number of nitrogens with zero attached hydrogens (tertiary/aromatic N) is 4. The summed E-state index contributed by atoms with van der Waals surface area (Å²) in [6.45, 7) is 5.09. The molecule has 0 aliphatic carbocycles. The van der Waals surface area contributed by atoms with E-state index < -0.39 is 0 Å². The van der Waals surface area contributed by atoms with E-state index >= 15 is 0 Å². The van der Waals surface area contributed by atoms with E-state index in [1.54, 1.807) is 18.1 Å². The van der Waals surface area contributed by atoms with Crippen LogP contribution in [0.1, 0.15) is 18.3 Å². The molecule has 1 aromatic heterocycles. The van der Waals surface area contributed by atoms with Crippen molar-refractivity contribution < 1.29 is 0 Å². The number of aryl methyl sites for hydroxylation is 1. The van der Waals surface area contributed by atoms with E-state index in [4.69, 9.17) is 11.6 Å². The zero-order chi connectivity index (χ0) is 17.9. The minimum absolute atomic E-state index is 0.585. The second-order valence-electron chi connectivity index (χ2n) is 5.44. The van der Waals surface area contributed by atoms with E-state index in [0.29, 0.717) is 6.54 Å². The van der Waals surface area contributed by atoms with Gasteiger partial charge in [0, 0.05) is 36.8 Å². The van der Waals surface area contributed by atoms with E-state index in [-0.39, 0.29) is 0 Å². The van der Waals surface area contributed by atoms with Gasteiger partial charge in [-0.15, -0.1) is 10.2 Å². The molecule has 0 spiro atoms. The molecule has 8 heteroatoms. The second kappa shape index (κ2) is 11.0. The summed E-state index contributed by atoms with van der Waals surface area (Å²) in [5.74, 6) is 2.83. The fourth-order valence-corrected chi connectivity index (χ4v) is 2.80. The van der Waals surface area contributed by atoms with Gasteiger partial charge >= 0.3 is 0 Å². The molecule has 0 atom stereocenters. The Kier molecular flexibility index (Phi) is 8.62. The maximum Gasteiger partial charge on any atom is 0.191 e. The van der Waals surface area contributed by atoms with Gasteiger partial charge in [0.1, 0.15) is 12.2 Å². The zero-order valence-corrected chi connectivity index (χ0v) is 16.3. The Hall–Kier alpha value is -1.73. The van der Waals surface area contributed by atoms with Crippen molar-refractivity contribution >= 4 is 29.3 Å². The number of nitrogens with one attached hydrogen (secondary N) is 2. The van der Waals surface area contributed by atoms with Crippen LogP contribution in [0.15, 0.2) is 35.6 Å². The molecule has 0 fully saturated rings. The lowest BCUT2D eigenvalue weighted by atomic mass is 10.2. The number of guanidine groups is 1. The van der Waals surface area contributed by atoms with Crippen LogP contribution in [0.3, 0.4) is 0 Å². The fourth-order valence-electron chi connectivity index (χ4n) is 2.29. The lowest BCUT2D eigenvalue weighted by molar-refractivity contribution is 0.633. The molecule has 0 amide bonds. The Morgan fingerprint density at radius 2 is 2.16 bits per heavy atom. The van der Waals surface area contributed by atoms with Gasteiger partial charge in [-0.25, -0.2) is 4.99 Å². The Balaban J connectivity index is 1.91. The number of thioether (sulfide) groups is 1. The SMILES string of the molecule is CCc1nncn1CCNC(=NCc1cccc(Cl)c1)NCCSC. The summed E-state index contributed by atoms with van der Waals surface area (Å²) >= 11 is 7.84. The summed E-state index contributed by atoms with van der Waals surface area (Å²) in [7, 11) is 0. The third-order valence-electron chi connectivity index (χ3n) is 3.56. The highest BCUT2D eigenvalue weighted by Gasteiger charge is 2.03. The van der Waals surface area contributed by atoms with Crippen molar-refractivity contribution in [1.29, 1.82) is 0 Å². The molecule has 2 N–H and O–H groups in total. The van der Waals surface area contributed by atoms with Crippen LogP contribution in [0.5, 0.6) is 0 Å². The summed E-state index contributed by atoms with van der Waals surface area (Å²) in [6.07, 6.45) is 4.74. The predicted molar refractivity (Wildman–Crippen MR) is 106 cm³/mol. The minimum Gasteiger partial charge on any atom is -0.356 e. The van der Waals surface area contributed by atoms with Crippen molar-refractivity contribution in [3.8, 4) is 0 Å². The molecule has 25 heavy (non-hydrogen) atoms. The van der Waals surface area contributed by atoms with Gasteiger partial charge in [0.15, 0.2) is 5.96 Å². The standard InChI is InChI=1S/C17H25ClN6S/c1-3-16-23-22-13-24(16)9-7-19-17(20-8-10-25-2)21-12-14-5-4-6-15(18)11-14/h4-6,11,13H,3,7-10,12H2,1-2H3,(H2,19,20,21). The van der Waals surface area contributed by atoms with Crippen LogP contribution in [0.2, 0.25) is 5.02 Å².